The Kier molecular flexibility index (Phi) is 5.08. The highest BCUT2D eigenvalue weighted by Gasteiger charge is 2.11. The van der Waals surface area contributed by atoms with E-state index in [0.29, 0.717) is 16.7 Å². The first kappa shape index (κ1) is 18.2. The van der Waals surface area contributed by atoms with Crippen molar-refractivity contribution in [3.8, 4) is 11.4 Å². The van der Waals surface area contributed by atoms with Gasteiger partial charge in [-0.1, -0.05) is 46.3 Å². The second-order valence-corrected chi connectivity index (χ2v) is 7.13. The Balaban J connectivity index is 1.91. The average Bonchev–Trinajstić information content (AvgIpc) is 2.73. The Bertz CT molecular complexity index is 1230. The van der Waals surface area contributed by atoms with Gasteiger partial charge in [0.25, 0.3) is 5.56 Å². The van der Waals surface area contributed by atoms with E-state index in [9.17, 15) is 4.79 Å². The predicted octanol–water partition coefficient (Wildman–Crippen LogP) is 5.33. The highest BCUT2D eigenvalue weighted by atomic mass is 79.9. The Hall–Kier alpha value is -3.18. The minimum absolute atomic E-state index is 0.107. The van der Waals surface area contributed by atoms with Crippen molar-refractivity contribution >= 4 is 39.0 Å². The van der Waals surface area contributed by atoms with Gasteiger partial charge in [0, 0.05) is 4.47 Å². The fourth-order valence-corrected chi connectivity index (χ4v) is 3.44. The van der Waals surface area contributed by atoms with E-state index in [1.165, 1.54) is 0 Å². The summed E-state index contributed by atoms with van der Waals surface area (Å²) in [5.74, 6) is 1.30. The molecule has 1 aromatic heterocycles. The number of aromatic nitrogens is 2. The molecular formula is C23H17BrN2O2. The van der Waals surface area contributed by atoms with Gasteiger partial charge in [-0.05, 0) is 60.2 Å². The van der Waals surface area contributed by atoms with Crippen LogP contribution in [0.2, 0.25) is 0 Å². The molecule has 0 N–H and O–H groups in total. The first-order valence-corrected chi connectivity index (χ1v) is 9.55. The molecule has 4 nitrogen and oxygen atoms in total. The van der Waals surface area contributed by atoms with E-state index >= 15 is 0 Å². The molecule has 5 heteroatoms. The van der Waals surface area contributed by atoms with E-state index in [-0.39, 0.29) is 5.56 Å². The summed E-state index contributed by atoms with van der Waals surface area (Å²) >= 11 is 3.48. The molecular weight excluding hydrogens is 416 g/mol. The van der Waals surface area contributed by atoms with Crippen molar-refractivity contribution in [1.29, 1.82) is 0 Å². The molecule has 0 radical (unpaired) electrons. The first-order chi connectivity index (χ1) is 13.7. The van der Waals surface area contributed by atoms with Crippen LogP contribution in [0.3, 0.4) is 0 Å². The van der Waals surface area contributed by atoms with Crippen molar-refractivity contribution in [3.05, 3.63) is 99.0 Å². The second-order valence-electron chi connectivity index (χ2n) is 6.21. The van der Waals surface area contributed by atoms with Gasteiger partial charge in [-0.15, -0.1) is 0 Å². The largest absolute Gasteiger partial charge is 0.497 e. The number of para-hydroxylation sites is 1. The quantitative estimate of drug-likeness (QED) is 0.437. The molecule has 0 spiro atoms. The van der Waals surface area contributed by atoms with Crippen molar-refractivity contribution < 1.29 is 4.74 Å². The van der Waals surface area contributed by atoms with Crippen molar-refractivity contribution in [2.75, 3.05) is 7.11 Å². The Morgan fingerprint density at radius 1 is 0.964 bits per heavy atom. The Morgan fingerprint density at radius 3 is 2.50 bits per heavy atom. The summed E-state index contributed by atoms with van der Waals surface area (Å²) in [4.78, 5) is 17.9. The summed E-state index contributed by atoms with van der Waals surface area (Å²) in [7, 11) is 1.62. The molecule has 4 rings (SSSR count). The summed E-state index contributed by atoms with van der Waals surface area (Å²) in [6, 6.07) is 22.7. The van der Waals surface area contributed by atoms with Crippen LogP contribution in [0.4, 0.5) is 0 Å². The number of benzene rings is 3. The number of hydrogen-bond acceptors (Lipinski definition) is 3. The number of halogens is 1. The molecule has 0 aliphatic heterocycles. The van der Waals surface area contributed by atoms with Crippen LogP contribution in [0.5, 0.6) is 5.75 Å². The van der Waals surface area contributed by atoms with Crippen LogP contribution in [-0.4, -0.2) is 16.7 Å². The number of nitrogens with zero attached hydrogens (tertiary/aromatic N) is 2. The van der Waals surface area contributed by atoms with Gasteiger partial charge in [0.2, 0.25) is 0 Å². The van der Waals surface area contributed by atoms with Crippen molar-refractivity contribution in [3.63, 3.8) is 0 Å². The maximum atomic E-state index is 13.2. The van der Waals surface area contributed by atoms with Crippen LogP contribution in [0.1, 0.15) is 11.4 Å². The Labute approximate surface area is 170 Å². The monoisotopic (exact) mass is 432 g/mol. The smallest absolute Gasteiger partial charge is 0.266 e. The molecule has 3 aromatic carbocycles. The number of fused-ring (bicyclic) bond motifs is 1. The van der Waals surface area contributed by atoms with Gasteiger partial charge in [-0.25, -0.2) is 4.98 Å². The molecule has 0 fully saturated rings. The lowest BCUT2D eigenvalue weighted by Crippen LogP contribution is -2.22. The third kappa shape index (κ3) is 3.62. The topological polar surface area (TPSA) is 44.1 Å². The van der Waals surface area contributed by atoms with Gasteiger partial charge in [0.05, 0.1) is 23.7 Å². The molecule has 0 atom stereocenters. The van der Waals surface area contributed by atoms with Gasteiger partial charge in [0.15, 0.2) is 0 Å². The Morgan fingerprint density at radius 2 is 1.75 bits per heavy atom. The molecule has 0 amide bonds. The van der Waals surface area contributed by atoms with Crippen LogP contribution < -0.4 is 10.3 Å². The van der Waals surface area contributed by atoms with E-state index in [1.807, 2.05) is 78.9 Å². The summed E-state index contributed by atoms with van der Waals surface area (Å²) in [6.45, 7) is 0. The van der Waals surface area contributed by atoms with E-state index in [0.717, 1.165) is 21.5 Å². The fraction of sp³-hybridized carbons (Fsp3) is 0.0435. The molecule has 0 unspecified atom stereocenters. The van der Waals surface area contributed by atoms with Crippen LogP contribution in [0.25, 0.3) is 28.7 Å². The number of hydrogen-bond donors (Lipinski definition) is 0. The molecule has 0 bridgehead atoms. The molecule has 138 valence electrons. The summed E-state index contributed by atoms with van der Waals surface area (Å²) in [6.07, 6.45) is 3.81. The van der Waals surface area contributed by atoms with E-state index in [2.05, 4.69) is 15.9 Å². The van der Waals surface area contributed by atoms with Gasteiger partial charge < -0.3 is 4.74 Å². The maximum absolute atomic E-state index is 13.2. The first-order valence-electron chi connectivity index (χ1n) is 8.75. The van der Waals surface area contributed by atoms with Crippen LogP contribution in [0, 0.1) is 0 Å². The van der Waals surface area contributed by atoms with E-state index in [4.69, 9.17) is 9.72 Å². The van der Waals surface area contributed by atoms with Gasteiger partial charge in [-0.2, -0.15) is 0 Å². The second kappa shape index (κ2) is 7.82. The lowest BCUT2D eigenvalue weighted by Gasteiger charge is -2.12. The highest BCUT2D eigenvalue weighted by molar-refractivity contribution is 9.10. The van der Waals surface area contributed by atoms with Crippen molar-refractivity contribution in [2.45, 2.75) is 0 Å². The zero-order valence-electron chi connectivity index (χ0n) is 15.2. The number of ether oxygens (including phenoxy) is 1. The lowest BCUT2D eigenvalue weighted by atomic mass is 10.2. The highest BCUT2D eigenvalue weighted by Crippen LogP contribution is 2.19. The van der Waals surface area contributed by atoms with Crippen molar-refractivity contribution in [1.82, 2.24) is 9.55 Å². The minimum atomic E-state index is -0.107. The van der Waals surface area contributed by atoms with Gasteiger partial charge >= 0.3 is 0 Å². The third-order valence-electron chi connectivity index (χ3n) is 4.41. The fourth-order valence-electron chi connectivity index (χ4n) is 3.02. The summed E-state index contributed by atoms with van der Waals surface area (Å²) < 4.78 is 7.85. The number of methoxy groups -OCH3 is 1. The molecule has 0 aliphatic rings. The van der Waals surface area contributed by atoms with Crippen LogP contribution in [0.15, 0.2) is 82.1 Å². The standard InChI is InChI=1S/C23H17BrN2O2/c1-28-19-12-10-18(11-13-19)26-22(14-9-16-5-4-6-17(24)15-16)25-21-8-3-2-7-20(21)23(26)27/h2-15H,1H3. The van der Waals surface area contributed by atoms with Crippen molar-refractivity contribution in [2.24, 2.45) is 0 Å². The summed E-state index contributed by atoms with van der Waals surface area (Å²) in [5.41, 5.74) is 2.31. The van der Waals surface area contributed by atoms with Gasteiger partial charge in [-0.3, -0.25) is 9.36 Å². The van der Waals surface area contributed by atoms with Gasteiger partial charge in [0.1, 0.15) is 11.6 Å². The molecule has 0 saturated heterocycles. The van der Waals surface area contributed by atoms with E-state index in [1.54, 1.807) is 17.7 Å². The molecule has 0 aliphatic carbocycles. The van der Waals surface area contributed by atoms with Crippen LogP contribution in [-0.2, 0) is 0 Å². The third-order valence-corrected chi connectivity index (χ3v) is 4.90. The zero-order valence-corrected chi connectivity index (χ0v) is 16.8. The lowest BCUT2D eigenvalue weighted by molar-refractivity contribution is 0.414. The molecule has 4 aromatic rings. The average molecular weight is 433 g/mol. The van der Waals surface area contributed by atoms with E-state index < -0.39 is 0 Å². The molecule has 1 heterocycles. The van der Waals surface area contributed by atoms with Crippen LogP contribution >= 0.6 is 15.9 Å². The normalized spacial score (nSPS) is 11.2. The predicted molar refractivity (Wildman–Crippen MR) is 117 cm³/mol. The summed E-state index contributed by atoms with van der Waals surface area (Å²) in [5, 5.41) is 0.581. The minimum Gasteiger partial charge on any atom is -0.497 e. The SMILES string of the molecule is COc1ccc(-n2c(C=Cc3cccc(Br)c3)nc3ccccc3c2=O)cc1. The zero-order chi connectivity index (χ0) is 19.5. The molecule has 28 heavy (non-hydrogen) atoms. The number of rotatable bonds is 4. The molecule has 0 saturated carbocycles. The maximum Gasteiger partial charge on any atom is 0.266 e.